The number of nitrogens with zero attached hydrogens (tertiary/aromatic N) is 2. The fraction of sp³-hybridized carbons (Fsp3) is 0.167. The van der Waals surface area contributed by atoms with Crippen molar-refractivity contribution >= 4 is 22.4 Å². The van der Waals surface area contributed by atoms with Crippen molar-refractivity contribution in [2.75, 3.05) is 18.2 Å². The molecule has 4 aromatic rings. The van der Waals surface area contributed by atoms with Crippen LogP contribution in [0.15, 0.2) is 65.6 Å². The van der Waals surface area contributed by atoms with E-state index >= 15 is 0 Å². The Kier molecular flexibility index (Phi) is 5.58. The zero-order valence-electron chi connectivity index (χ0n) is 17.4. The van der Waals surface area contributed by atoms with Gasteiger partial charge in [0.1, 0.15) is 17.4 Å². The van der Waals surface area contributed by atoms with Crippen LogP contribution in [-0.4, -0.2) is 16.7 Å². The molecule has 0 aliphatic carbocycles. The van der Waals surface area contributed by atoms with Crippen LogP contribution >= 0.6 is 0 Å². The van der Waals surface area contributed by atoms with Crippen molar-refractivity contribution < 1.29 is 9.13 Å². The van der Waals surface area contributed by atoms with E-state index in [-0.39, 0.29) is 11.2 Å². The molecule has 2 aromatic heterocycles. The first-order chi connectivity index (χ1) is 15.0. The summed E-state index contributed by atoms with van der Waals surface area (Å²) in [5.74, 6) is 0.969. The van der Waals surface area contributed by atoms with E-state index in [1.165, 1.54) is 12.1 Å². The Hall–Kier alpha value is -3.87. The number of aryl methyl sites for hydroxylation is 1. The van der Waals surface area contributed by atoms with Crippen LogP contribution in [0.3, 0.4) is 0 Å². The molecule has 0 atom stereocenters. The minimum Gasteiger partial charge on any atom is -0.497 e. The number of nitrogens with one attached hydrogen (secondary N) is 1. The van der Waals surface area contributed by atoms with Crippen LogP contribution in [0.4, 0.5) is 15.9 Å². The van der Waals surface area contributed by atoms with Gasteiger partial charge in [0.25, 0.3) is 5.56 Å². The summed E-state index contributed by atoms with van der Waals surface area (Å²) in [6, 6.07) is 15.7. The van der Waals surface area contributed by atoms with Crippen molar-refractivity contribution in [3.63, 3.8) is 0 Å². The molecule has 158 valence electrons. The number of aromatic nitrogens is 2. The highest BCUT2D eigenvalue weighted by atomic mass is 19.1. The van der Waals surface area contributed by atoms with Crippen molar-refractivity contribution in [1.29, 1.82) is 0 Å². The number of fused-ring (bicyclic) bond motifs is 1. The lowest BCUT2D eigenvalue weighted by atomic mass is 10.0. The number of ether oxygens (including phenoxy) is 1. The average Bonchev–Trinajstić information content (AvgIpc) is 2.79. The second-order valence-electron chi connectivity index (χ2n) is 7.17. The summed E-state index contributed by atoms with van der Waals surface area (Å²) >= 11 is 0. The zero-order valence-corrected chi connectivity index (χ0v) is 17.4. The van der Waals surface area contributed by atoms with Crippen molar-refractivity contribution in [2.24, 2.45) is 0 Å². The molecule has 31 heavy (non-hydrogen) atoms. The van der Waals surface area contributed by atoms with Crippen molar-refractivity contribution in [1.82, 2.24) is 9.55 Å². The van der Waals surface area contributed by atoms with Gasteiger partial charge >= 0.3 is 0 Å². The standard InChI is InChI=1S/C24H23FN4O2/c1-3-29-22-12-23(27-13-15-4-7-18(31-2)8-5-15)28-14-17(22)10-19(24(29)30)16-6-9-20(25)21(26)11-16/h4-12,14H,3,13,26H2,1-2H3,(H,27,28). The van der Waals surface area contributed by atoms with E-state index in [9.17, 15) is 9.18 Å². The minimum atomic E-state index is -0.505. The SMILES string of the molecule is CCn1c(=O)c(-c2ccc(F)c(N)c2)cc2cnc(NCc3ccc(OC)cc3)cc21. The summed E-state index contributed by atoms with van der Waals surface area (Å²) < 4.78 is 20.4. The third-order valence-electron chi connectivity index (χ3n) is 5.23. The van der Waals surface area contributed by atoms with Crippen LogP contribution in [-0.2, 0) is 13.1 Å². The van der Waals surface area contributed by atoms with E-state index in [2.05, 4.69) is 10.3 Å². The molecule has 0 aliphatic rings. The molecule has 0 saturated carbocycles. The molecule has 0 fully saturated rings. The number of hydrogen-bond donors (Lipinski definition) is 2. The fourth-order valence-corrected chi connectivity index (χ4v) is 3.54. The number of methoxy groups -OCH3 is 1. The summed E-state index contributed by atoms with van der Waals surface area (Å²) in [5, 5.41) is 4.11. The maximum atomic E-state index is 13.6. The van der Waals surface area contributed by atoms with E-state index in [0.717, 1.165) is 22.2 Å². The lowest BCUT2D eigenvalue weighted by molar-refractivity contribution is 0.414. The van der Waals surface area contributed by atoms with Gasteiger partial charge in [-0.1, -0.05) is 18.2 Å². The molecular formula is C24H23FN4O2. The second-order valence-corrected chi connectivity index (χ2v) is 7.17. The molecule has 0 unspecified atom stereocenters. The first-order valence-corrected chi connectivity index (χ1v) is 9.96. The number of rotatable bonds is 6. The highest BCUT2D eigenvalue weighted by Gasteiger charge is 2.13. The number of hydrogen-bond acceptors (Lipinski definition) is 5. The minimum absolute atomic E-state index is 0.0104. The third kappa shape index (κ3) is 4.07. The molecule has 7 heteroatoms. The Bertz CT molecular complexity index is 1300. The lowest BCUT2D eigenvalue weighted by Gasteiger charge is -2.13. The molecule has 0 bridgehead atoms. The van der Waals surface area contributed by atoms with Crippen molar-refractivity contribution in [2.45, 2.75) is 20.0 Å². The Morgan fingerprint density at radius 1 is 1.13 bits per heavy atom. The van der Waals surface area contributed by atoms with Gasteiger partial charge in [0.2, 0.25) is 0 Å². The quantitative estimate of drug-likeness (QED) is 0.453. The molecule has 3 N–H and O–H groups in total. The monoisotopic (exact) mass is 418 g/mol. The highest BCUT2D eigenvalue weighted by Crippen LogP contribution is 2.25. The predicted molar refractivity (Wildman–Crippen MR) is 122 cm³/mol. The van der Waals surface area contributed by atoms with E-state index in [1.54, 1.807) is 30.0 Å². The highest BCUT2D eigenvalue weighted by molar-refractivity contribution is 5.85. The van der Waals surface area contributed by atoms with Gasteiger partial charge in [-0.25, -0.2) is 9.37 Å². The van der Waals surface area contributed by atoms with Gasteiger partial charge in [0.15, 0.2) is 0 Å². The number of halogens is 1. The van der Waals surface area contributed by atoms with Gasteiger partial charge in [-0.15, -0.1) is 0 Å². The predicted octanol–water partition coefficient (Wildman–Crippen LogP) is 4.43. The van der Waals surface area contributed by atoms with Crippen LogP contribution in [0.25, 0.3) is 22.0 Å². The number of benzene rings is 2. The van der Waals surface area contributed by atoms with Crippen LogP contribution in [0.2, 0.25) is 0 Å². The summed E-state index contributed by atoms with van der Waals surface area (Å²) in [5.41, 5.74) is 8.45. The van der Waals surface area contributed by atoms with Gasteiger partial charge in [0.05, 0.1) is 18.3 Å². The van der Waals surface area contributed by atoms with E-state index in [0.29, 0.717) is 30.0 Å². The number of anilines is 2. The summed E-state index contributed by atoms with van der Waals surface area (Å²) in [4.78, 5) is 17.6. The molecular weight excluding hydrogens is 395 g/mol. The molecule has 0 aliphatic heterocycles. The number of nitrogens with two attached hydrogens (primary N) is 1. The Morgan fingerprint density at radius 2 is 1.90 bits per heavy atom. The zero-order chi connectivity index (χ0) is 22.0. The maximum Gasteiger partial charge on any atom is 0.258 e. The van der Waals surface area contributed by atoms with Crippen molar-refractivity contribution in [3.8, 4) is 16.9 Å². The van der Waals surface area contributed by atoms with Gasteiger partial charge < -0.3 is 20.4 Å². The smallest absolute Gasteiger partial charge is 0.258 e. The number of pyridine rings is 2. The maximum absolute atomic E-state index is 13.6. The van der Waals surface area contributed by atoms with Gasteiger partial charge in [-0.05, 0) is 48.4 Å². The molecule has 6 nitrogen and oxygen atoms in total. The first-order valence-electron chi connectivity index (χ1n) is 9.96. The van der Waals surface area contributed by atoms with Crippen LogP contribution in [0.1, 0.15) is 12.5 Å². The van der Waals surface area contributed by atoms with Crippen LogP contribution in [0, 0.1) is 5.82 Å². The normalized spacial score (nSPS) is 10.9. The van der Waals surface area contributed by atoms with E-state index in [4.69, 9.17) is 10.5 Å². The summed E-state index contributed by atoms with van der Waals surface area (Å²) in [7, 11) is 1.63. The Morgan fingerprint density at radius 3 is 2.58 bits per heavy atom. The molecule has 0 saturated heterocycles. The molecule has 0 amide bonds. The first kappa shape index (κ1) is 20.4. The fourth-order valence-electron chi connectivity index (χ4n) is 3.54. The third-order valence-corrected chi connectivity index (χ3v) is 5.23. The largest absolute Gasteiger partial charge is 0.497 e. The lowest BCUT2D eigenvalue weighted by Crippen LogP contribution is -2.21. The van der Waals surface area contributed by atoms with E-state index in [1.807, 2.05) is 37.3 Å². The van der Waals surface area contributed by atoms with Gasteiger partial charge in [-0.2, -0.15) is 0 Å². The molecule has 0 spiro atoms. The number of nitrogen functional groups attached to an aromatic ring is 1. The summed E-state index contributed by atoms with van der Waals surface area (Å²) in [6.07, 6.45) is 1.73. The van der Waals surface area contributed by atoms with E-state index < -0.39 is 5.82 Å². The molecule has 2 heterocycles. The molecule has 4 rings (SSSR count). The Labute approximate surface area is 179 Å². The Balaban J connectivity index is 1.69. The van der Waals surface area contributed by atoms with Gasteiger partial charge in [0, 0.05) is 36.3 Å². The molecule has 2 aromatic carbocycles. The van der Waals surface area contributed by atoms with Gasteiger partial charge in [-0.3, -0.25) is 4.79 Å². The second kappa shape index (κ2) is 8.47. The topological polar surface area (TPSA) is 82.2 Å². The average molecular weight is 418 g/mol. The van der Waals surface area contributed by atoms with Crippen molar-refractivity contribution in [3.05, 3.63) is 82.5 Å². The summed E-state index contributed by atoms with van der Waals surface area (Å²) in [6.45, 7) is 2.99. The van der Waals surface area contributed by atoms with Crippen LogP contribution in [0.5, 0.6) is 5.75 Å². The van der Waals surface area contributed by atoms with Crippen LogP contribution < -0.4 is 21.3 Å². The molecule has 0 radical (unpaired) electrons.